The molecular weight excluding hydrogens is 679 g/mol. The summed E-state index contributed by atoms with van der Waals surface area (Å²) in [5, 5.41) is 9.69. The second-order valence-corrected chi connectivity index (χ2v) is 14.4. The highest BCUT2D eigenvalue weighted by atomic mass is 16.3. The maximum Gasteiger partial charge on any atom is 0.137 e. The van der Waals surface area contributed by atoms with Crippen LogP contribution in [0, 0.1) is 0 Å². The van der Waals surface area contributed by atoms with Gasteiger partial charge in [-0.2, -0.15) is 0 Å². The van der Waals surface area contributed by atoms with Crippen molar-refractivity contribution in [2.75, 3.05) is 4.90 Å². The first-order chi connectivity index (χ1) is 27.8. The van der Waals surface area contributed by atoms with Gasteiger partial charge >= 0.3 is 0 Å². The van der Waals surface area contributed by atoms with E-state index in [0.29, 0.717) is 0 Å². The number of hydrogen-bond donors (Lipinski definition) is 0. The summed E-state index contributed by atoms with van der Waals surface area (Å²) in [6.45, 7) is 0. The van der Waals surface area contributed by atoms with Gasteiger partial charge in [0.25, 0.3) is 0 Å². The smallest absolute Gasteiger partial charge is 0.137 e. The zero-order valence-corrected chi connectivity index (χ0v) is 30.6. The summed E-state index contributed by atoms with van der Waals surface area (Å²) in [5.41, 5.74) is 12.0. The van der Waals surface area contributed by atoms with Crippen LogP contribution in [0.25, 0.3) is 87.6 Å². The molecule has 11 aromatic rings. The summed E-state index contributed by atoms with van der Waals surface area (Å²) < 4.78 is 6.48. The quantitative estimate of drug-likeness (QED) is 0.160. The van der Waals surface area contributed by atoms with Gasteiger partial charge in [-0.3, -0.25) is 0 Å². The number of benzene rings is 10. The Hall–Kier alpha value is -7.42. The lowest BCUT2D eigenvalue weighted by molar-refractivity contribution is 0.669. The third kappa shape index (κ3) is 5.26. The van der Waals surface area contributed by atoms with Crippen LogP contribution < -0.4 is 4.90 Å². The summed E-state index contributed by atoms with van der Waals surface area (Å²) in [6, 6.07) is 76.5. The van der Waals surface area contributed by atoms with Gasteiger partial charge in [0.1, 0.15) is 11.2 Å². The predicted molar refractivity (Wildman–Crippen MR) is 237 cm³/mol. The number of hydrogen-bond acceptors (Lipinski definition) is 2. The molecule has 0 fully saturated rings. The van der Waals surface area contributed by atoms with Crippen molar-refractivity contribution in [2.45, 2.75) is 0 Å². The number of rotatable bonds is 6. The van der Waals surface area contributed by atoms with E-state index < -0.39 is 0 Å². The maximum absolute atomic E-state index is 6.48. The third-order valence-corrected chi connectivity index (χ3v) is 11.3. The Bertz CT molecular complexity index is 3260. The van der Waals surface area contributed by atoms with Crippen LogP contribution in [0.3, 0.4) is 0 Å². The predicted octanol–water partition coefficient (Wildman–Crippen LogP) is 15.5. The molecule has 11 rings (SSSR count). The Morgan fingerprint density at radius 3 is 1.61 bits per heavy atom. The summed E-state index contributed by atoms with van der Waals surface area (Å²) in [7, 11) is 0. The lowest BCUT2D eigenvalue weighted by atomic mass is 9.94. The van der Waals surface area contributed by atoms with Gasteiger partial charge in [-0.1, -0.05) is 176 Å². The van der Waals surface area contributed by atoms with Crippen LogP contribution in [0.1, 0.15) is 0 Å². The summed E-state index contributed by atoms with van der Waals surface area (Å²) >= 11 is 0. The molecule has 0 aliphatic carbocycles. The Morgan fingerprint density at radius 1 is 0.286 bits per heavy atom. The third-order valence-electron chi connectivity index (χ3n) is 11.3. The van der Waals surface area contributed by atoms with Gasteiger partial charge in [-0.15, -0.1) is 0 Å². The van der Waals surface area contributed by atoms with Gasteiger partial charge in [0.05, 0.1) is 22.4 Å². The summed E-state index contributed by atoms with van der Waals surface area (Å²) in [4.78, 5) is 2.44. The van der Waals surface area contributed by atoms with E-state index in [4.69, 9.17) is 4.42 Å². The van der Waals surface area contributed by atoms with E-state index in [0.717, 1.165) is 55.7 Å². The van der Waals surface area contributed by atoms with E-state index in [-0.39, 0.29) is 0 Å². The molecule has 10 aromatic carbocycles. The van der Waals surface area contributed by atoms with Gasteiger partial charge in [-0.25, -0.2) is 0 Å². The molecule has 2 nitrogen and oxygen atoms in total. The van der Waals surface area contributed by atoms with Crippen molar-refractivity contribution >= 4 is 71.3 Å². The molecular formula is C54H35NO. The van der Waals surface area contributed by atoms with Crippen LogP contribution in [0.5, 0.6) is 0 Å². The molecule has 2 heteroatoms. The summed E-state index contributed by atoms with van der Waals surface area (Å²) in [5.74, 6) is 0. The molecule has 1 aromatic heterocycles. The number of para-hydroxylation sites is 3. The number of furan rings is 1. The zero-order valence-electron chi connectivity index (χ0n) is 30.6. The second-order valence-electron chi connectivity index (χ2n) is 14.4. The second kappa shape index (κ2) is 13.2. The van der Waals surface area contributed by atoms with Crippen molar-refractivity contribution in [3.8, 4) is 33.4 Å². The molecule has 56 heavy (non-hydrogen) atoms. The largest absolute Gasteiger partial charge is 0.456 e. The highest BCUT2D eigenvalue weighted by Gasteiger charge is 2.24. The molecule has 0 saturated carbocycles. The Kier molecular flexibility index (Phi) is 7.53. The minimum atomic E-state index is 0.862. The number of anilines is 3. The molecule has 0 spiro atoms. The van der Waals surface area contributed by atoms with E-state index in [1.807, 2.05) is 6.07 Å². The van der Waals surface area contributed by atoms with Crippen LogP contribution in [-0.4, -0.2) is 0 Å². The molecule has 1 heterocycles. The standard InChI is InChI=1S/C54H35NO/c1-3-16-42-37(13-1)15-11-21-45(42)46-19-6-9-23-50(46)55(51-24-12-26-53-54(51)47-20-7-10-25-52(47)56-53)49-22-8-5-18-44(49)39-29-27-36(28-30-39)41-34-33-40-32-31-38-14-2-4-17-43(38)48(40)35-41/h1-35H. The Labute approximate surface area is 325 Å². The monoisotopic (exact) mass is 713 g/mol. The van der Waals surface area contributed by atoms with Crippen molar-refractivity contribution in [3.63, 3.8) is 0 Å². The SMILES string of the molecule is c1ccc(N(c2ccccc2-c2cccc3ccccc23)c2cccc3oc4ccccc4c23)c(-c2ccc(-c3ccc4ccc5ccccc5c4c3)cc2)c1. The minimum Gasteiger partial charge on any atom is -0.456 e. The Balaban J connectivity index is 1.11. The normalized spacial score (nSPS) is 11.6. The van der Waals surface area contributed by atoms with Crippen LogP contribution in [0.4, 0.5) is 17.1 Å². The van der Waals surface area contributed by atoms with Gasteiger partial charge in [0.15, 0.2) is 0 Å². The van der Waals surface area contributed by atoms with Crippen molar-refractivity contribution in [1.82, 2.24) is 0 Å². The molecule has 0 amide bonds. The molecule has 0 atom stereocenters. The molecule has 0 unspecified atom stereocenters. The van der Waals surface area contributed by atoms with Crippen molar-refractivity contribution in [1.29, 1.82) is 0 Å². The van der Waals surface area contributed by atoms with E-state index >= 15 is 0 Å². The molecule has 0 aliphatic rings. The first-order valence-electron chi connectivity index (χ1n) is 19.2. The van der Waals surface area contributed by atoms with Crippen LogP contribution in [-0.2, 0) is 0 Å². The molecule has 0 bridgehead atoms. The topological polar surface area (TPSA) is 16.4 Å². The molecule has 0 saturated heterocycles. The fourth-order valence-electron chi connectivity index (χ4n) is 8.62. The Morgan fingerprint density at radius 2 is 0.786 bits per heavy atom. The van der Waals surface area contributed by atoms with Gasteiger partial charge < -0.3 is 9.32 Å². The highest BCUT2D eigenvalue weighted by molar-refractivity contribution is 6.15. The zero-order chi connectivity index (χ0) is 37.0. The first kappa shape index (κ1) is 32.0. The lowest BCUT2D eigenvalue weighted by Crippen LogP contribution is -2.13. The average molecular weight is 714 g/mol. The summed E-state index contributed by atoms with van der Waals surface area (Å²) in [6.07, 6.45) is 0. The average Bonchev–Trinajstić information content (AvgIpc) is 3.66. The number of fused-ring (bicyclic) bond motifs is 7. The van der Waals surface area contributed by atoms with Crippen molar-refractivity contribution < 1.29 is 4.42 Å². The van der Waals surface area contributed by atoms with Crippen LogP contribution in [0.2, 0.25) is 0 Å². The maximum atomic E-state index is 6.48. The van der Waals surface area contributed by atoms with Gasteiger partial charge in [0.2, 0.25) is 0 Å². The van der Waals surface area contributed by atoms with Crippen LogP contribution >= 0.6 is 0 Å². The molecule has 0 radical (unpaired) electrons. The molecule has 0 N–H and O–H groups in total. The minimum absolute atomic E-state index is 0.862. The van der Waals surface area contributed by atoms with Crippen molar-refractivity contribution in [3.05, 3.63) is 212 Å². The highest BCUT2D eigenvalue weighted by Crippen LogP contribution is 2.49. The first-order valence-corrected chi connectivity index (χ1v) is 19.2. The van der Waals surface area contributed by atoms with E-state index in [1.165, 1.54) is 49.0 Å². The van der Waals surface area contributed by atoms with E-state index in [2.05, 4.69) is 211 Å². The van der Waals surface area contributed by atoms with Gasteiger partial charge in [-0.05, 0) is 91.0 Å². The van der Waals surface area contributed by atoms with E-state index in [9.17, 15) is 0 Å². The lowest BCUT2D eigenvalue weighted by Gasteiger charge is -2.30. The fraction of sp³-hybridized carbons (Fsp3) is 0. The van der Waals surface area contributed by atoms with Gasteiger partial charge in [0, 0.05) is 16.5 Å². The van der Waals surface area contributed by atoms with E-state index in [1.54, 1.807) is 0 Å². The molecule has 262 valence electrons. The number of nitrogens with zero attached hydrogens (tertiary/aromatic N) is 1. The van der Waals surface area contributed by atoms with Crippen LogP contribution in [0.15, 0.2) is 217 Å². The van der Waals surface area contributed by atoms with Crippen molar-refractivity contribution in [2.24, 2.45) is 0 Å². The fourth-order valence-corrected chi connectivity index (χ4v) is 8.62. The molecule has 0 aliphatic heterocycles.